The monoisotopic (exact) mass is 307 g/mol. The topological polar surface area (TPSA) is 80.3 Å². The van der Waals surface area contributed by atoms with Crippen molar-refractivity contribution in [3.63, 3.8) is 0 Å². The van der Waals surface area contributed by atoms with Crippen molar-refractivity contribution in [1.82, 2.24) is 15.6 Å². The second-order valence-corrected chi connectivity index (χ2v) is 6.05. The zero-order chi connectivity index (χ0) is 16.6. The number of nitrogens with one attached hydrogen (secondary N) is 2. The van der Waals surface area contributed by atoms with Gasteiger partial charge in [-0.3, -0.25) is 9.78 Å². The van der Waals surface area contributed by atoms with E-state index in [1.807, 2.05) is 0 Å². The predicted molar refractivity (Wildman–Crippen MR) is 84.1 cm³/mol. The maximum atomic E-state index is 12.0. The highest BCUT2D eigenvalue weighted by Gasteiger charge is 2.31. The van der Waals surface area contributed by atoms with Crippen LogP contribution >= 0.6 is 0 Å². The minimum atomic E-state index is -1.21. The van der Waals surface area contributed by atoms with Crippen LogP contribution in [0.3, 0.4) is 0 Å². The molecule has 0 bridgehead atoms. The quantitative estimate of drug-likeness (QED) is 0.809. The van der Waals surface area contributed by atoms with Crippen LogP contribution in [0.5, 0.6) is 0 Å². The first-order chi connectivity index (χ1) is 10.3. The lowest BCUT2D eigenvalue weighted by molar-refractivity contribution is -0.136. The first-order valence-electron chi connectivity index (χ1n) is 7.45. The van der Waals surface area contributed by atoms with Crippen LogP contribution < -0.4 is 10.6 Å². The molecule has 1 aromatic rings. The molecule has 1 heterocycles. The highest BCUT2D eigenvalue weighted by molar-refractivity contribution is 5.86. The summed E-state index contributed by atoms with van der Waals surface area (Å²) < 4.78 is 5.20. The number of hydrogen-bond acceptors (Lipinski definition) is 4. The molecule has 0 saturated carbocycles. The normalized spacial score (nSPS) is 11.1. The highest BCUT2D eigenvalue weighted by Crippen LogP contribution is 2.10. The van der Waals surface area contributed by atoms with Gasteiger partial charge in [0.15, 0.2) is 5.60 Å². The Morgan fingerprint density at radius 1 is 1.23 bits per heavy atom. The number of alkyl carbamates (subject to hydrolysis) is 1. The van der Waals surface area contributed by atoms with Crippen molar-refractivity contribution in [2.24, 2.45) is 5.92 Å². The molecule has 0 aliphatic rings. The Morgan fingerprint density at radius 2 is 1.86 bits per heavy atom. The molecule has 0 unspecified atom stereocenters. The molecule has 0 radical (unpaired) electrons. The van der Waals surface area contributed by atoms with Gasteiger partial charge in [-0.1, -0.05) is 13.8 Å². The molecule has 0 saturated heterocycles. The van der Waals surface area contributed by atoms with E-state index < -0.39 is 11.7 Å². The van der Waals surface area contributed by atoms with Gasteiger partial charge in [0.1, 0.15) is 0 Å². The largest absolute Gasteiger partial charge is 0.433 e. The van der Waals surface area contributed by atoms with Crippen LogP contribution in [0.4, 0.5) is 4.79 Å². The van der Waals surface area contributed by atoms with Gasteiger partial charge in [0, 0.05) is 25.5 Å². The number of nitrogens with zero attached hydrogens (tertiary/aromatic N) is 1. The van der Waals surface area contributed by atoms with E-state index >= 15 is 0 Å². The van der Waals surface area contributed by atoms with Gasteiger partial charge in [-0.25, -0.2) is 4.79 Å². The number of pyridine rings is 1. The lowest BCUT2D eigenvalue weighted by atomic mass is 10.1. The van der Waals surface area contributed by atoms with Crippen molar-refractivity contribution in [2.75, 3.05) is 6.54 Å². The number of carbonyl (C=O) groups is 2. The third kappa shape index (κ3) is 6.56. The van der Waals surface area contributed by atoms with Crippen molar-refractivity contribution in [3.05, 3.63) is 30.1 Å². The Morgan fingerprint density at radius 3 is 2.45 bits per heavy atom. The van der Waals surface area contributed by atoms with E-state index in [4.69, 9.17) is 4.74 Å². The van der Waals surface area contributed by atoms with Gasteiger partial charge in [0.25, 0.3) is 5.91 Å². The second-order valence-electron chi connectivity index (χ2n) is 6.05. The Balaban J connectivity index is 2.38. The average Bonchev–Trinajstić information content (AvgIpc) is 2.45. The minimum Gasteiger partial charge on any atom is -0.433 e. The van der Waals surface area contributed by atoms with Gasteiger partial charge in [0.05, 0.1) is 0 Å². The van der Waals surface area contributed by atoms with E-state index in [0.29, 0.717) is 19.0 Å². The zero-order valence-electron chi connectivity index (χ0n) is 13.7. The fraction of sp³-hybridized carbons (Fsp3) is 0.562. The summed E-state index contributed by atoms with van der Waals surface area (Å²) in [5, 5.41) is 5.40. The number of aromatic nitrogens is 1. The molecule has 0 aliphatic carbocycles. The SMILES string of the molecule is CC(C)CCNC(=O)C(C)(C)OC(=O)NCc1ccncc1. The van der Waals surface area contributed by atoms with Crippen LogP contribution in [0.25, 0.3) is 0 Å². The van der Waals surface area contributed by atoms with Crippen molar-refractivity contribution < 1.29 is 14.3 Å². The number of amides is 2. The summed E-state index contributed by atoms with van der Waals surface area (Å²) in [4.78, 5) is 27.7. The van der Waals surface area contributed by atoms with Crippen LogP contribution in [0.1, 0.15) is 39.7 Å². The fourth-order valence-electron chi connectivity index (χ4n) is 1.68. The molecule has 0 fully saturated rings. The second kappa shape index (κ2) is 8.36. The minimum absolute atomic E-state index is 0.299. The molecule has 1 rings (SSSR count). The molecule has 2 amide bonds. The summed E-state index contributed by atoms with van der Waals surface area (Å²) in [6.45, 7) is 8.21. The van der Waals surface area contributed by atoms with E-state index in [2.05, 4.69) is 29.5 Å². The van der Waals surface area contributed by atoms with Crippen LogP contribution in [0.15, 0.2) is 24.5 Å². The van der Waals surface area contributed by atoms with Crippen molar-refractivity contribution in [2.45, 2.75) is 46.3 Å². The summed E-state index contributed by atoms with van der Waals surface area (Å²) in [7, 11) is 0. The molecule has 0 atom stereocenters. The van der Waals surface area contributed by atoms with E-state index in [-0.39, 0.29) is 5.91 Å². The Bertz CT molecular complexity index is 487. The number of hydrogen-bond donors (Lipinski definition) is 2. The molecule has 2 N–H and O–H groups in total. The van der Waals surface area contributed by atoms with Gasteiger partial charge in [-0.05, 0) is 43.9 Å². The van der Waals surface area contributed by atoms with Gasteiger partial charge in [0.2, 0.25) is 0 Å². The van der Waals surface area contributed by atoms with Crippen molar-refractivity contribution in [3.8, 4) is 0 Å². The highest BCUT2D eigenvalue weighted by atomic mass is 16.6. The average molecular weight is 307 g/mol. The first-order valence-corrected chi connectivity index (χ1v) is 7.45. The third-order valence-corrected chi connectivity index (χ3v) is 3.09. The lowest BCUT2D eigenvalue weighted by Gasteiger charge is -2.24. The fourth-order valence-corrected chi connectivity index (χ4v) is 1.68. The Kier molecular flexibility index (Phi) is 6.82. The molecular formula is C16H25N3O3. The van der Waals surface area contributed by atoms with E-state index in [9.17, 15) is 9.59 Å². The standard InChI is InChI=1S/C16H25N3O3/c1-12(2)5-10-18-14(20)16(3,4)22-15(21)19-11-13-6-8-17-9-7-13/h6-9,12H,5,10-11H2,1-4H3,(H,18,20)(H,19,21). The van der Waals surface area contributed by atoms with Crippen LogP contribution in [0, 0.1) is 5.92 Å². The smallest absolute Gasteiger partial charge is 0.408 e. The third-order valence-electron chi connectivity index (χ3n) is 3.09. The molecule has 0 aliphatic heterocycles. The summed E-state index contributed by atoms with van der Waals surface area (Å²) in [5.74, 6) is 0.209. The van der Waals surface area contributed by atoms with Crippen molar-refractivity contribution in [1.29, 1.82) is 0 Å². The number of rotatable bonds is 7. The summed E-state index contributed by atoms with van der Waals surface area (Å²) >= 11 is 0. The zero-order valence-corrected chi connectivity index (χ0v) is 13.7. The lowest BCUT2D eigenvalue weighted by Crippen LogP contribution is -2.47. The Labute approximate surface area is 131 Å². The molecule has 1 aromatic heterocycles. The molecule has 0 spiro atoms. The molecule has 6 heteroatoms. The van der Waals surface area contributed by atoms with Gasteiger partial charge >= 0.3 is 6.09 Å². The van der Waals surface area contributed by atoms with Crippen LogP contribution in [-0.4, -0.2) is 29.1 Å². The predicted octanol–water partition coefficient (Wildman–Crippen LogP) is 2.25. The van der Waals surface area contributed by atoms with E-state index in [1.165, 1.54) is 0 Å². The van der Waals surface area contributed by atoms with Gasteiger partial charge < -0.3 is 15.4 Å². The Hall–Kier alpha value is -2.11. The molecular weight excluding hydrogens is 282 g/mol. The summed E-state index contributed by atoms with van der Waals surface area (Å²) in [6.07, 6.45) is 3.56. The summed E-state index contributed by atoms with van der Waals surface area (Å²) in [6, 6.07) is 3.59. The molecule has 22 heavy (non-hydrogen) atoms. The van der Waals surface area contributed by atoms with Gasteiger partial charge in [-0.15, -0.1) is 0 Å². The molecule has 0 aromatic carbocycles. The maximum Gasteiger partial charge on any atom is 0.408 e. The van der Waals surface area contributed by atoms with Crippen LogP contribution in [0.2, 0.25) is 0 Å². The van der Waals surface area contributed by atoms with E-state index in [1.54, 1.807) is 38.4 Å². The van der Waals surface area contributed by atoms with E-state index in [0.717, 1.165) is 12.0 Å². The number of carbonyl (C=O) groups excluding carboxylic acids is 2. The van der Waals surface area contributed by atoms with Gasteiger partial charge in [-0.2, -0.15) is 0 Å². The molecule has 6 nitrogen and oxygen atoms in total. The summed E-state index contributed by atoms with van der Waals surface area (Å²) in [5.41, 5.74) is -0.301. The van der Waals surface area contributed by atoms with Crippen LogP contribution in [-0.2, 0) is 16.1 Å². The number of ether oxygens (including phenoxy) is 1. The van der Waals surface area contributed by atoms with Crippen molar-refractivity contribution >= 4 is 12.0 Å². The molecule has 122 valence electrons. The maximum absolute atomic E-state index is 12.0. The first kappa shape index (κ1) is 17.9.